The smallest absolute Gasteiger partial charge is 0.141 e. The highest BCUT2D eigenvalue weighted by Gasteiger charge is 2.23. The molecule has 0 spiro atoms. The summed E-state index contributed by atoms with van der Waals surface area (Å²) in [4.78, 5) is 2.46. The molecule has 0 saturated carbocycles. The fraction of sp³-hybridized carbons (Fsp3) is 0.625. The third-order valence-corrected chi connectivity index (χ3v) is 4.60. The maximum absolute atomic E-state index is 13.2. The summed E-state index contributed by atoms with van der Waals surface area (Å²) in [5.74, 6) is 0.446. The van der Waals surface area contributed by atoms with E-state index in [-0.39, 0.29) is 23.2 Å². The average Bonchev–Trinajstić information content (AvgIpc) is 2.48. The average molecular weight is 335 g/mol. The topological polar surface area (TPSA) is 15.3 Å². The van der Waals surface area contributed by atoms with Gasteiger partial charge in [0.2, 0.25) is 0 Å². The van der Waals surface area contributed by atoms with Gasteiger partial charge >= 0.3 is 0 Å². The van der Waals surface area contributed by atoms with E-state index in [0.29, 0.717) is 6.04 Å². The van der Waals surface area contributed by atoms with Crippen LogP contribution in [0.2, 0.25) is 5.02 Å². The van der Waals surface area contributed by atoms with Crippen LogP contribution in [0.25, 0.3) is 0 Å². The maximum Gasteiger partial charge on any atom is 0.141 e. The molecule has 1 aromatic rings. The van der Waals surface area contributed by atoms with Crippen LogP contribution in [-0.4, -0.2) is 31.1 Å². The van der Waals surface area contributed by atoms with Crippen molar-refractivity contribution in [2.45, 2.75) is 32.7 Å². The highest BCUT2D eigenvalue weighted by atomic mass is 35.5. The zero-order chi connectivity index (χ0) is 14.5. The normalized spacial score (nSPS) is 18.3. The molecule has 1 atom stereocenters. The molecule has 1 unspecified atom stereocenters. The number of likely N-dealkylation sites (tertiary alicyclic amines) is 1. The third kappa shape index (κ3) is 5.10. The quantitative estimate of drug-likeness (QED) is 0.864. The minimum Gasteiger partial charge on any atom is -0.317 e. The van der Waals surface area contributed by atoms with Gasteiger partial charge in [-0.2, -0.15) is 0 Å². The van der Waals surface area contributed by atoms with Gasteiger partial charge in [-0.3, -0.25) is 4.90 Å². The first-order valence-electron chi connectivity index (χ1n) is 7.51. The van der Waals surface area contributed by atoms with Crippen molar-refractivity contribution >= 4 is 24.0 Å². The summed E-state index contributed by atoms with van der Waals surface area (Å²) < 4.78 is 13.2. The SMILES string of the molecule is CCNCC1CCN(C(C)c2ccc(F)c(Cl)c2)CC1.Cl. The molecular formula is C16H25Cl2FN2. The van der Waals surface area contributed by atoms with Gasteiger partial charge in [-0.15, -0.1) is 12.4 Å². The largest absolute Gasteiger partial charge is 0.317 e. The van der Waals surface area contributed by atoms with Gasteiger partial charge < -0.3 is 5.32 Å². The second-order valence-electron chi connectivity index (χ2n) is 5.64. The van der Waals surface area contributed by atoms with Crippen molar-refractivity contribution in [3.8, 4) is 0 Å². The van der Waals surface area contributed by atoms with Gasteiger partial charge in [0, 0.05) is 6.04 Å². The van der Waals surface area contributed by atoms with Gasteiger partial charge in [0.25, 0.3) is 0 Å². The molecule has 2 nitrogen and oxygen atoms in total. The van der Waals surface area contributed by atoms with Crippen molar-refractivity contribution < 1.29 is 4.39 Å². The first-order chi connectivity index (χ1) is 9.61. The summed E-state index contributed by atoms with van der Waals surface area (Å²) in [6.45, 7) is 8.70. The Bertz CT molecular complexity index is 434. The Balaban J connectivity index is 0.00000220. The van der Waals surface area contributed by atoms with Crippen LogP contribution >= 0.6 is 24.0 Å². The van der Waals surface area contributed by atoms with E-state index in [0.717, 1.165) is 37.7 Å². The molecule has 1 heterocycles. The van der Waals surface area contributed by atoms with Crippen molar-refractivity contribution in [2.24, 2.45) is 5.92 Å². The molecule has 21 heavy (non-hydrogen) atoms. The Morgan fingerprint density at radius 1 is 1.38 bits per heavy atom. The predicted molar refractivity (Wildman–Crippen MR) is 89.9 cm³/mol. The molecule has 1 N–H and O–H groups in total. The second kappa shape index (κ2) is 8.94. The molecule has 0 aliphatic carbocycles. The van der Waals surface area contributed by atoms with E-state index in [1.807, 2.05) is 6.07 Å². The fourth-order valence-corrected chi connectivity index (χ4v) is 3.06. The monoisotopic (exact) mass is 334 g/mol. The zero-order valence-electron chi connectivity index (χ0n) is 12.7. The van der Waals surface area contributed by atoms with Gasteiger partial charge in [-0.25, -0.2) is 4.39 Å². The number of rotatable bonds is 5. The summed E-state index contributed by atoms with van der Waals surface area (Å²) >= 11 is 5.88. The van der Waals surface area contributed by atoms with Crippen molar-refractivity contribution in [1.82, 2.24) is 10.2 Å². The summed E-state index contributed by atoms with van der Waals surface area (Å²) in [5.41, 5.74) is 1.10. The Kier molecular flexibility index (Phi) is 7.96. The molecular weight excluding hydrogens is 310 g/mol. The van der Waals surface area contributed by atoms with E-state index < -0.39 is 0 Å². The lowest BCUT2D eigenvalue weighted by Crippen LogP contribution is -2.38. The second-order valence-corrected chi connectivity index (χ2v) is 6.04. The molecule has 0 bridgehead atoms. The molecule has 1 saturated heterocycles. The van der Waals surface area contributed by atoms with E-state index in [4.69, 9.17) is 11.6 Å². The van der Waals surface area contributed by atoms with Gasteiger partial charge in [0.1, 0.15) is 5.82 Å². The Morgan fingerprint density at radius 3 is 2.62 bits per heavy atom. The lowest BCUT2D eigenvalue weighted by molar-refractivity contribution is 0.140. The minimum absolute atomic E-state index is 0. The first kappa shape index (κ1) is 18.7. The highest BCUT2D eigenvalue weighted by Crippen LogP contribution is 2.28. The Labute approximate surface area is 138 Å². The number of halogens is 3. The molecule has 0 radical (unpaired) electrons. The predicted octanol–water partition coefficient (Wildman–Crippen LogP) is 4.28. The van der Waals surface area contributed by atoms with Crippen molar-refractivity contribution in [3.63, 3.8) is 0 Å². The summed E-state index contributed by atoms with van der Waals surface area (Å²) in [7, 11) is 0. The van der Waals surface area contributed by atoms with Crippen LogP contribution in [0.15, 0.2) is 18.2 Å². The van der Waals surface area contributed by atoms with E-state index in [1.165, 1.54) is 18.9 Å². The maximum atomic E-state index is 13.2. The molecule has 1 fully saturated rings. The van der Waals surface area contributed by atoms with Crippen molar-refractivity contribution in [2.75, 3.05) is 26.2 Å². The molecule has 1 aromatic carbocycles. The van der Waals surface area contributed by atoms with Crippen molar-refractivity contribution in [3.05, 3.63) is 34.6 Å². The summed E-state index contributed by atoms with van der Waals surface area (Å²) in [6.07, 6.45) is 2.46. The minimum atomic E-state index is -0.341. The number of nitrogens with one attached hydrogen (secondary N) is 1. The number of hydrogen-bond donors (Lipinski definition) is 1. The standard InChI is InChI=1S/C16H24ClFN2.ClH/c1-3-19-11-13-6-8-20(9-7-13)12(2)14-4-5-16(18)15(17)10-14;/h4-5,10,12-13,19H,3,6-9,11H2,1-2H3;1H. The van der Waals surface area contributed by atoms with Crippen LogP contribution in [0, 0.1) is 11.7 Å². The molecule has 1 aliphatic heterocycles. The fourth-order valence-electron chi connectivity index (χ4n) is 2.88. The van der Waals surface area contributed by atoms with Gasteiger partial charge in [-0.05, 0) is 69.6 Å². The van der Waals surface area contributed by atoms with Crippen molar-refractivity contribution in [1.29, 1.82) is 0 Å². The van der Waals surface area contributed by atoms with Crippen LogP contribution < -0.4 is 5.32 Å². The van der Waals surface area contributed by atoms with Crippen LogP contribution in [0.3, 0.4) is 0 Å². The van der Waals surface area contributed by atoms with Crippen LogP contribution in [0.4, 0.5) is 4.39 Å². The molecule has 0 amide bonds. The summed E-state index contributed by atoms with van der Waals surface area (Å²) in [5, 5.41) is 3.65. The molecule has 5 heteroatoms. The summed E-state index contributed by atoms with van der Waals surface area (Å²) in [6, 6.07) is 5.36. The zero-order valence-corrected chi connectivity index (χ0v) is 14.3. The number of nitrogens with zero attached hydrogens (tertiary/aromatic N) is 1. The third-order valence-electron chi connectivity index (χ3n) is 4.31. The van der Waals surface area contributed by atoms with Gasteiger partial charge in [0.15, 0.2) is 0 Å². The first-order valence-corrected chi connectivity index (χ1v) is 7.89. The lowest BCUT2D eigenvalue weighted by Gasteiger charge is -2.36. The number of hydrogen-bond acceptors (Lipinski definition) is 2. The van der Waals surface area contributed by atoms with Crippen LogP contribution in [0.5, 0.6) is 0 Å². The number of benzene rings is 1. The van der Waals surface area contributed by atoms with E-state index in [2.05, 4.69) is 24.1 Å². The van der Waals surface area contributed by atoms with Gasteiger partial charge in [0.05, 0.1) is 5.02 Å². The Morgan fingerprint density at radius 2 is 2.05 bits per heavy atom. The number of piperidine rings is 1. The van der Waals surface area contributed by atoms with Gasteiger partial charge in [-0.1, -0.05) is 24.6 Å². The van der Waals surface area contributed by atoms with Crippen LogP contribution in [0.1, 0.15) is 38.3 Å². The molecule has 2 rings (SSSR count). The van der Waals surface area contributed by atoms with E-state index in [9.17, 15) is 4.39 Å². The Hall–Kier alpha value is -0.350. The lowest BCUT2D eigenvalue weighted by atomic mass is 9.94. The highest BCUT2D eigenvalue weighted by molar-refractivity contribution is 6.30. The molecule has 1 aliphatic rings. The molecule has 120 valence electrons. The van der Waals surface area contributed by atoms with E-state index >= 15 is 0 Å². The van der Waals surface area contributed by atoms with Crippen LogP contribution in [-0.2, 0) is 0 Å². The van der Waals surface area contributed by atoms with E-state index in [1.54, 1.807) is 6.07 Å². The molecule has 0 aromatic heterocycles.